The van der Waals surface area contributed by atoms with Crippen molar-refractivity contribution in [3.8, 4) is 22.6 Å². The van der Waals surface area contributed by atoms with E-state index in [9.17, 15) is 0 Å². The van der Waals surface area contributed by atoms with Crippen molar-refractivity contribution in [1.29, 1.82) is 0 Å². The number of hydrogen-bond donors (Lipinski definition) is 0. The first-order valence-corrected chi connectivity index (χ1v) is 17.1. The summed E-state index contributed by atoms with van der Waals surface area (Å²) in [4.78, 5) is 0. The molecule has 0 aromatic heterocycles. The molecule has 2 nitrogen and oxygen atoms in total. The standard InChI is InChI=1S/C39H30O2S2/c1-3-7-33-25(5-1)9-19-35-36-20-10-26-6-2-4-8-34(26)38(36)39(37(33)35,27-11-15-29(16-12-27)40-21-31-23-42-31)28-13-17-30(18-14-28)41-22-32-24-43-32/h1-20,31-32H,21-24H2. The molecule has 210 valence electrons. The molecule has 2 atom stereocenters. The van der Waals surface area contributed by atoms with Gasteiger partial charge >= 0.3 is 0 Å². The molecular formula is C39H30O2S2. The van der Waals surface area contributed by atoms with E-state index >= 15 is 0 Å². The number of benzene rings is 6. The summed E-state index contributed by atoms with van der Waals surface area (Å²) < 4.78 is 12.4. The Morgan fingerprint density at radius 3 is 1.35 bits per heavy atom. The summed E-state index contributed by atoms with van der Waals surface area (Å²) in [5.74, 6) is 4.27. The zero-order chi connectivity index (χ0) is 28.4. The largest absolute Gasteiger partial charge is 0.492 e. The molecule has 2 aliphatic heterocycles. The van der Waals surface area contributed by atoms with Crippen LogP contribution in [0.15, 0.2) is 121 Å². The lowest BCUT2D eigenvalue weighted by atomic mass is 9.66. The highest BCUT2D eigenvalue weighted by Crippen LogP contribution is 2.60. The maximum atomic E-state index is 6.19. The van der Waals surface area contributed by atoms with Crippen LogP contribution in [-0.4, -0.2) is 35.2 Å². The molecule has 6 aromatic rings. The van der Waals surface area contributed by atoms with Gasteiger partial charge in [-0.2, -0.15) is 23.5 Å². The molecule has 0 saturated carbocycles. The molecule has 2 unspecified atom stereocenters. The van der Waals surface area contributed by atoms with Gasteiger partial charge in [-0.15, -0.1) is 0 Å². The predicted molar refractivity (Wildman–Crippen MR) is 182 cm³/mol. The minimum Gasteiger partial charge on any atom is -0.492 e. The van der Waals surface area contributed by atoms with Gasteiger partial charge in [0.2, 0.25) is 0 Å². The molecule has 0 spiro atoms. The summed E-state index contributed by atoms with van der Waals surface area (Å²) >= 11 is 3.94. The van der Waals surface area contributed by atoms with Crippen molar-refractivity contribution in [1.82, 2.24) is 0 Å². The lowest BCUT2D eigenvalue weighted by Crippen LogP contribution is -2.29. The maximum absolute atomic E-state index is 6.19. The van der Waals surface area contributed by atoms with Crippen molar-refractivity contribution >= 4 is 45.1 Å². The van der Waals surface area contributed by atoms with Crippen LogP contribution in [0.5, 0.6) is 11.5 Å². The van der Waals surface area contributed by atoms with Crippen LogP contribution < -0.4 is 9.47 Å². The topological polar surface area (TPSA) is 18.5 Å². The Hall–Kier alpha value is -3.86. The van der Waals surface area contributed by atoms with Gasteiger partial charge in [0, 0.05) is 22.0 Å². The molecule has 0 radical (unpaired) electrons. The van der Waals surface area contributed by atoms with E-state index in [1.54, 1.807) is 0 Å². The maximum Gasteiger partial charge on any atom is 0.119 e. The second kappa shape index (κ2) is 10.1. The van der Waals surface area contributed by atoms with Gasteiger partial charge in [0.25, 0.3) is 0 Å². The van der Waals surface area contributed by atoms with Crippen molar-refractivity contribution in [2.75, 3.05) is 24.7 Å². The van der Waals surface area contributed by atoms with E-state index in [4.69, 9.17) is 9.47 Å². The van der Waals surface area contributed by atoms with Crippen molar-refractivity contribution < 1.29 is 9.47 Å². The number of rotatable bonds is 8. The number of hydrogen-bond acceptors (Lipinski definition) is 4. The Balaban J connectivity index is 1.33. The SMILES string of the molecule is c1ccc2c3c(ccc2c1)-c1ccc2ccccc2c1C3(c1ccc(OCC2CS2)cc1)c1ccc(OCC2CS2)cc1. The molecule has 9 rings (SSSR count). The highest BCUT2D eigenvalue weighted by atomic mass is 32.2. The summed E-state index contributed by atoms with van der Waals surface area (Å²) in [5.41, 5.74) is 7.27. The average Bonchev–Trinajstić information content (AvgIpc) is 4.01. The van der Waals surface area contributed by atoms with Crippen LogP contribution in [-0.2, 0) is 5.41 Å². The fraction of sp³-hybridized carbons (Fsp3) is 0.179. The molecule has 0 amide bonds. The first-order valence-electron chi connectivity index (χ1n) is 15.0. The van der Waals surface area contributed by atoms with Gasteiger partial charge in [0.15, 0.2) is 0 Å². The third-order valence-electron chi connectivity index (χ3n) is 9.15. The average molecular weight is 595 g/mol. The molecule has 1 aliphatic carbocycles. The van der Waals surface area contributed by atoms with Gasteiger partial charge in [-0.25, -0.2) is 0 Å². The van der Waals surface area contributed by atoms with Gasteiger partial charge < -0.3 is 9.47 Å². The summed E-state index contributed by atoms with van der Waals surface area (Å²) in [6, 6.07) is 44.8. The first-order chi connectivity index (χ1) is 21.3. The van der Waals surface area contributed by atoms with E-state index in [1.165, 1.54) is 66.4 Å². The minimum atomic E-state index is -0.526. The Labute approximate surface area is 260 Å². The van der Waals surface area contributed by atoms with E-state index in [2.05, 4.69) is 121 Å². The summed E-state index contributed by atoms with van der Waals surface area (Å²) in [5, 5.41) is 6.36. The minimum absolute atomic E-state index is 0.526. The first kappa shape index (κ1) is 25.6. The van der Waals surface area contributed by atoms with Crippen LogP contribution in [0.25, 0.3) is 32.7 Å². The number of ether oxygens (including phenoxy) is 2. The zero-order valence-corrected chi connectivity index (χ0v) is 25.3. The molecule has 2 saturated heterocycles. The smallest absolute Gasteiger partial charge is 0.119 e. The monoisotopic (exact) mass is 594 g/mol. The Morgan fingerprint density at radius 2 is 0.930 bits per heavy atom. The van der Waals surface area contributed by atoms with Crippen molar-refractivity contribution in [3.05, 3.63) is 144 Å². The summed E-state index contributed by atoms with van der Waals surface area (Å²) in [7, 11) is 0. The molecule has 0 bridgehead atoms. The highest BCUT2D eigenvalue weighted by Gasteiger charge is 2.48. The van der Waals surface area contributed by atoms with Crippen LogP contribution >= 0.6 is 23.5 Å². The zero-order valence-electron chi connectivity index (χ0n) is 23.7. The third-order valence-corrected chi connectivity index (χ3v) is 11.0. The highest BCUT2D eigenvalue weighted by molar-refractivity contribution is 8.07. The van der Waals surface area contributed by atoms with E-state index in [-0.39, 0.29) is 0 Å². The van der Waals surface area contributed by atoms with Gasteiger partial charge in [0.05, 0.1) is 5.41 Å². The quantitative estimate of drug-likeness (QED) is 0.163. The second-order valence-electron chi connectivity index (χ2n) is 11.7. The summed E-state index contributed by atoms with van der Waals surface area (Å²) in [6.07, 6.45) is 0. The molecule has 3 aliphatic rings. The lowest BCUT2D eigenvalue weighted by molar-refractivity contribution is 0.329. The number of thioether (sulfide) groups is 2. The van der Waals surface area contributed by atoms with E-state index < -0.39 is 5.41 Å². The molecule has 2 heterocycles. The molecule has 0 N–H and O–H groups in total. The van der Waals surface area contributed by atoms with Crippen molar-refractivity contribution in [2.45, 2.75) is 15.9 Å². The Bertz CT molecular complexity index is 1840. The normalized spacial score (nSPS) is 19.2. The predicted octanol–water partition coefficient (Wildman–Crippen LogP) is 9.34. The molecule has 43 heavy (non-hydrogen) atoms. The van der Waals surface area contributed by atoms with Crippen molar-refractivity contribution in [3.63, 3.8) is 0 Å². The number of fused-ring (bicyclic) bond motifs is 7. The molecular weight excluding hydrogens is 565 g/mol. The van der Waals surface area contributed by atoms with Crippen LogP contribution in [0, 0.1) is 0 Å². The molecule has 4 heteroatoms. The fourth-order valence-electron chi connectivity index (χ4n) is 6.98. The van der Waals surface area contributed by atoms with Crippen LogP contribution in [0.4, 0.5) is 0 Å². The van der Waals surface area contributed by atoms with Crippen molar-refractivity contribution in [2.24, 2.45) is 0 Å². The van der Waals surface area contributed by atoms with Gasteiger partial charge in [-0.3, -0.25) is 0 Å². The van der Waals surface area contributed by atoms with E-state index in [0.29, 0.717) is 10.5 Å². The van der Waals surface area contributed by atoms with E-state index in [0.717, 1.165) is 24.7 Å². The van der Waals surface area contributed by atoms with Crippen LogP contribution in [0.1, 0.15) is 22.3 Å². The van der Waals surface area contributed by atoms with Gasteiger partial charge in [-0.1, -0.05) is 97.1 Å². The second-order valence-corrected chi connectivity index (χ2v) is 14.4. The Morgan fingerprint density at radius 1 is 0.512 bits per heavy atom. The molecule has 6 aromatic carbocycles. The molecule has 2 fully saturated rings. The summed E-state index contributed by atoms with van der Waals surface area (Å²) in [6.45, 7) is 1.55. The van der Waals surface area contributed by atoms with Gasteiger partial charge in [0.1, 0.15) is 24.7 Å². The van der Waals surface area contributed by atoms with Crippen LogP contribution in [0.2, 0.25) is 0 Å². The van der Waals surface area contributed by atoms with Gasteiger partial charge in [-0.05, 0) is 79.2 Å². The lowest BCUT2D eigenvalue weighted by Gasteiger charge is -2.35. The fourth-order valence-corrected chi connectivity index (χ4v) is 7.77. The Kier molecular flexibility index (Phi) is 6.02. The van der Waals surface area contributed by atoms with Crippen LogP contribution in [0.3, 0.4) is 0 Å². The third kappa shape index (κ3) is 4.26. The van der Waals surface area contributed by atoms with E-state index in [1.807, 2.05) is 23.5 Å².